The van der Waals surface area contributed by atoms with Gasteiger partial charge < -0.3 is 34.8 Å². The van der Waals surface area contributed by atoms with Gasteiger partial charge in [0, 0.05) is 24.8 Å². The van der Waals surface area contributed by atoms with Crippen LogP contribution in [0.3, 0.4) is 0 Å². The summed E-state index contributed by atoms with van der Waals surface area (Å²) in [6, 6.07) is 0. The van der Waals surface area contributed by atoms with Crippen LogP contribution in [0.15, 0.2) is 0 Å². The number of hydrogen-bond donors (Lipinski definition) is 1. The van der Waals surface area contributed by atoms with Gasteiger partial charge in [-0.05, 0) is 0 Å². The number of hydrogen-bond acceptors (Lipinski definition) is 7. The van der Waals surface area contributed by atoms with Gasteiger partial charge in [0.05, 0.1) is 5.97 Å². The monoisotopic (exact) mass is 310 g/mol. The van der Waals surface area contributed by atoms with Crippen molar-refractivity contribution in [1.82, 2.24) is 0 Å². The van der Waals surface area contributed by atoms with Crippen molar-refractivity contribution in [3.63, 3.8) is 0 Å². The third-order valence-corrected chi connectivity index (χ3v) is 1.25. The van der Waals surface area contributed by atoms with E-state index in [1.165, 1.54) is 0 Å². The molecule has 0 aromatic carbocycles. The van der Waals surface area contributed by atoms with Gasteiger partial charge in [-0.25, -0.2) is 0 Å². The summed E-state index contributed by atoms with van der Waals surface area (Å²) in [6.45, 7) is 0. The molecule has 0 spiro atoms. The van der Waals surface area contributed by atoms with Crippen molar-refractivity contribution in [2.24, 2.45) is 0 Å². The van der Waals surface area contributed by atoms with Gasteiger partial charge in [0.1, 0.15) is 5.60 Å². The van der Waals surface area contributed by atoms with Crippen molar-refractivity contribution >= 4 is 42.3 Å². The van der Waals surface area contributed by atoms with E-state index in [2.05, 4.69) is 0 Å². The van der Waals surface area contributed by atoms with E-state index in [9.17, 15) is 29.7 Å². The zero-order valence-electron chi connectivity index (χ0n) is 6.76. The molecule has 0 aromatic heterocycles. The van der Waals surface area contributed by atoms with E-state index in [-0.39, 0.29) is 24.4 Å². The normalized spacial score (nSPS) is 10.1. The number of carbonyl (C=O) groups is 3. The number of rotatable bonds is 5. The third kappa shape index (κ3) is 5.03. The van der Waals surface area contributed by atoms with Gasteiger partial charge in [0.15, 0.2) is 0 Å². The molecule has 0 saturated heterocycles. The zero-order chi connectivity index (χ0) is 10.6. The first kappa shape index (κ1) is 15.7. The Balaban J connectivity index is 0. The first-order valence-electron chi connectivity index (χ1n) is 3.11. The first-order chi connectivity index (χ1) is 5.78. The third-order valence-electron chi connectivity index (χ3n) is 1.25. The fraction of sp³-hybridized carbons (Fsp3) is 0.500. The van der Waals surface area contributed by atoms with Crippen LogP contribution in [0.2, 0.25) is 0 Å². The number of aliphatic hydroxyl groups is 1. The number of carboxylic acids is 3. The molecule has 2 radical (unpaired) electrons. The Hall–Kier alpha value is -0.812. The van der Waals surface area contributed by atoms with Gasteiger partial charge in [-0.15, -0.1) is 0 Å². The Morgan fingerprint density at radius 3 is 1.43 bits per heavy atom. The van der Waals surface area contributed by atoms with Gasteiger partial charge in [-0.1, -0.05) is 0 Å². The second-order valence-corrected chi connectivity index (χ2v) is 2.42. The maximum atomic E-state index is 10.1. The fourth-order valence-corrected chi connectivity index (χ4v) is 0.684. The van der Waals surface area contributed by atoms with Crippen molar-refractivity contribution in [3.05, 3.63) is 0 Å². The van der Waals surface area contributed by atoms with Crippen LogP contribution >= 0.6 is 0 Å². The molecule has 14 heavy (non-hydrogen) atoms. The average Bonchev–Trinajstić information content (AvgIpc) is 1.82. The molecule has 0 aliphatic rings. The van der Waals surface area contributed by atoms with Crippen LogP contribution in [0.25, 0.3) is 0 Å². The smallest absolute Gasteiger partial charge is 0.550 e. The van der Waals surface area contributed by atoms with Crippen LogP contribution in [0, 0.1) is 0 Å². The molecule has 76 valence electrons. The van der Waals surface area contributed by atoms with Gasteiger partial charge in [-0.2, -0.15) is 0 Å². The minimum atomic E-state index is -2.97. The first-order valence-corrected chi connectivity index (χ1v) is 3.11. The summed E-state index contributed by atoms with van der Waals surface area (Å²) in [5, 5.41) is 38.9. The number of carboxylic acid groups (broad SMARTS) is 3. The van der Waals surface area contributed by atoms with E-state index in [1.54, 1.807) is 0 Å². The van der Waals surface area contributed by atoms with Gasteiger partial charge in [0.25, 0.3) is 0 Å². The molecule has 0 atom stereocenters. The van der Waals surface area contributed by atoms with Crippen LogP contribution in [-0.2, 0) is 14.4 Å². The van der Waals surface area contributed by atoms with Crippen LogP contribution < -0.4 is 15.3 Å². The molecule has 7 nitrogen and oxygen atoms in total. The van der Waals surface area contributed by atoms with Crippen LogP contribution in [0.4, 0.5) is 0 Å². The average molecular weight is 311 g/mol. The Labute approximate surface area is 95.8 Å². The summed E-state index contributed by atoms with van der Waals surface area (Å²) in [5.41, 5.74) is -2.97. The Kier molecular flexibility index (Phi) is 6.51. The maximum Gasteiger partial charge on any atom is 3.00 e. The number of aliphatic carboxylic acids is 3. The summed E-state index contributed by atoms with van der Waals surface area (Å²) in [7, 11) is 0. The van der Waals surface area contributed by atoms with E-state index in [0.717, 1.165) is 0 Å². The predicted molar refractivity (Wildman–Crippen MR) is 35.0 cm³/mol. The Morgan fingerprint density at radius 2 is 1.29 bits per heavy atom. The van der Waals surface area contributed by atoms with E-state index in [4.69, 9.17) is 5.11 Å². The minimum absolute atomic E-state index is 0. The largest absolute Gasteiger partial charge is 3.00 e. The molecule has 0 fully saturated rings. The molecule has 0 aliphatic carbocycles. The predicted octanol–water partition coefficient (Wildman–Crippen LogP) is -5.63. The summed E-state index contributed by atoms with van der Waals surface area (Å²) in [5.74, 6) is -5.98. The fourth-order valence-electron chi connectivity index (χ4n) is 0.684. The molecule has 0 amide bonds. The summed E-state index contributed by atoms with van der Waals surface area (Å²) < 4.78 is 0. The molecular weight excluding hydrogens is 306 g/mol. The Bertz CT molecular complexity index is 233. The molecule has 1 N–H and O–H groups in total. The molecular formula is C6H5O7Sb. The summed E-state index contributed by atoms with van der Waals surface area (Å²) in [4.78, 5) is 30.0. The van der Waals surface area contributed by atoms with Crippen molar-refractivity contribution in [2.75, 3.05) is 0 Å². The molecule has 0 aliphatic heterocycles. The van der Waals surface area contributed by atoms with Crippen LogP contribution in [0.5, 0.6) is 0 Å². The molecule has 0 heterocycles. The van der Waals surface area contributed by atoms with E-state index in [1.807, 2.05) is 0 Å². The topological polar surface area (TPSA) is 141 Å². The summed E-state index contributed by atoms with van der Waals surface area (Å²) >= 11 is 0. The zero-order valence-corrected chi connectivity index (χ0v) is 9.31. The van der Waals surface area contributed by atoms with Crippen LogP contribution in [0.1, 0.15) is 12.8 Å². The molecule has 0 aromatic rings. The number of carbonyl (C=O) groups excluding carboxylic acids is 3. The maximum absolute atomic E-state index is 10.1. The van der Waals surface area contributed by atoms with E-state index >= 15 is 0 Å². The molecule has 0 saturated carbocycles. The summed E-state index contributed by atoms with van der Waals surface area (Å²) in [6.07, 6.45) is -2.72. The standard InChI is InChI=1S/C6H8O7.Sb/c7-3(8)1-6(13,5(11)12)2-4(9)10;/h13H,1-2H2,(H,7,8)(H,9,10)(H,11,12);/q;+3/p-3. The van der Waals surface area contributed by atoms with E-state index < -0.39 is 36.4 Å². The van der Waals surface area contributed by atoms with Crippen molar-refractivity contribution < 1.29 is 34.8 Å². The second kappa shape index (κ2) is 5.82. The van der Waals surface area contributed by atoms with Gasteiger partial charge in [0.2, 0.25) is 0 Å². The van der Waals surface area contributed by atoms with E-state index in [0.29, 0.717) is 0 Å². The SMILES string of the molecule is O=C([O-])CC(O)(CC(=O)[O-])C(=O)[O-].[Sb+3]. The quantitative estimate of drug-likeness (QED) is 0.499. The van der Waals surface area contributed by atoms with Gasteiger partial charge >= 0.3 is 24.4 Å². The Morgan fingerprint density at radius 1 is 1.00 bits per heavy atom. The van der Waals surface area contributed by atoms with Crippen molar-refractivity contribution in [2.45, 2.75) is 18.4 Å². The van der Waals surface area contributed by atoms with Crippen molar-refractivity contribution in [1.29, 1.82) is 0 Å². The second-order valence-electron chi connectivity index (χ2n) is 2.42. The molecule has 0 rings (SSSR count). The van der Waals surface area contributed by atoms with Gasteiger partial charge in [-0.3, -0.25) is 0 Å². The molecule has 0 unspecified atom stereocenters. The minimum Gasteiger partial charge on any atom is -0.550 e. The molecule has 8 heteroatoms. The molecule has 0 bridgehead atoms. The van der Waals surface area contributed by atoms with Crippen molar-refractivity contribution in [3.8, 4) is 0 Å². The van der Waals surface area contributed by atoms with Crippen LogP contribution in [-0.4, -0.2) is 53.0 Å².